The molecule has 0 radical (unpaired) electrons. The summed E-state index contributed by atoms with van der Waals surface area (Å²) in [7, 11) is 1.34. The van der Waals surface area contributed by atoms with Gasteiger partial charge in [-0.25, -0.2) is 0 Å². The number of alkyl halides is 3. The number of fused-ring (bicyclic) bond motifs is 1. The number of amides is 4. The molecule has 0 aromatic heterocycles. The van der Waals surface area contributed by atoms with Crippen LogP contribution in [-0.2, 0) is 25.7 Å². The SMILES string of the molecule is CN(C(=O)C(CC1CC1)NC(=O)C(F)(F)F)C(CC1CC1)C(=O)N1C[C@@]2(C[C@H]1C#N)Oc1ccccc1CNC2=O. The Bertz CT molecular complexity index is 1270. The van der Waals surface area contributed by atoms with Crippen molar-refractivity contribution in [1.29, 1.82) is 5.26 Å². The van der Waals surface area contributed by atoms with Crippen molar-refractivity contribution in [3.05, 3.63) is 29.8 Å². The highest BCUT2D eigenvalue weighted by molar-refractivity contribution is 5.94. The number of nitrogens with one attached hydrogen (secondary N) is 2. The van der Waals surface area contributed by atoms with Gasteiger partial charge in [0.15, 0.2) is 0 Å². The van der Waals surface area contributed by atoms with Crippen LogP contribution in [0.15, 0.2) is 24.3 Å². The second-order valence-electron chi connectivity index (χ2n) is 11.5. The van der Waals surface area contributed by atoms with Gasteiger partial charge in [0, 0.05) is 25.6 Å². The smallest absolute Gasteiger partial charge is 0.471 e. The Labute approximate surface area is 235 Å². The van der Waals surface area contributed by atoms with Crippen LogP contribution in [0.2, 0.25) is 0 Å². The van der Waals surface area contributed by atoms with E-state index in [2.05, 4.69) is 11.4 Å². The monoisotopic (exact) mass is 575 g/mol. The molecule has 220 valence electrons. The second kappa shape index (κ2) is 10.9. The average molecular weight is 576 g/mol. The molecule has 2 heterocycles. The topological polar surface area (TPSA) is 132 Å². The molecular weight excluding hydrogens is 543 g/mol. The molecule has 0 bridgehead atoms. The van der Waals surface area contributed by atoms with Gasteiger partial charge in [-0.05, 0) is 30.7 Å². The minimum absolute atomic E-state index is 0.0126. The first kappa shape index (κ1) is 28.7. The highest BCUT2D eigenvalue weighted by Crippen LogP contribution is 2.39. The Kier molecular flexibility index (Phi) is 7.61. The van der Waals surface area contributed by atoms with Crippen LogP contribution in [0.3, 0.4) is 0 Å². The number of carbonyl (C=O) groups is 4. The number of nitrogens with zero attached hydrogens (tertiary/aromatic N) is 3. The van der Waals surface area contributed by atoms with Crippen LogP contribution < -0.4 is 15.4 Å². The summed E-state index contributed by atoms with van der Waals surface area (Å²) in [5.41, 5.74) is -0.777. The lowest BCUT2D eigenvalue weighted by molar-refractivity contribution is -0.175. The standard InChI is InChI=1S/C28H32F3N5O5/c1-35(23(37)20(10-16-6-7-16)34-26(40)28(29,30)31)21(11-17-8-9-17)24(38)36-15-27(12-19(36)13-32)25(39)33-14-18-4-2-3-5-22(18)41-27/h2-5,16-17,19-21H,6-12,14-15H2,1H3,(H,33,39)(H,34,40)/t19-,20?,21?,27+/m0/s1. The molecule has 1 spiro atoms. The lowest BCUT2D eigenvalue weighted by Gasteiger charge is -2.34. The molecule has 2 aliphatic heterocycles. The Morgan fingerprint density at radius 1 is 1.20 bits per heavy atom. The van der Waals surface area contributed by atoms with E-state index >= 15 is 0 Å². The highest BCUT2D eigenvalue weighted by atomic mass is 19.4. The van der Waals surface area contributed by atoms with Gasteiger partial charge in [-0.2, -0.15) is 18.4 Å². The maximum atomic E-state index is 14.1. The average Bonchev–Trinajstić information content (AvgIpc) is 3.87. The fraction of sp³-hybridized carbons (Fsp3) is 0.607. The summed E-state index contributed by atoms with van der Waals surface area (Å²) in [6, 6.07) is 5.58. The van der Waals surface area contributed by atoms with Crippen molar-refractivity contribution in [2.45, 2.75) is 81.4 Å². The quantitative estimate of drug-likeness (QED) is 0.488. The van der Waals surface area contributed by atoms with Crippen LogP contribution in [-0.4, -0.2) is 76.9 Å². The second-order valence-corrected chi connectivity index (χ2v) is 11.5. The molecule has 2 saturated carbocycles. The summed E-state index contributed by atoms with van der Waals surface area (Å²) >= 11 is 0. The van der Waals surface area contributed by atoms with Crippen LogP contribution in [0.5, 0.6) is 5.75 Å². The fourth-order valence-corrected chi connectivity index (χ4v) is 5.63. The first-order valence-electron chi connectivity index (χ1n) is 13.8. The number of likely N-dealkylation sites (N-methyl/N-ethyl adjacent to an activating group) is 1. The van der Waals surface area contributed by atoms with Crippen molar-refractivity contribution in [3.63, 3.8) is 0 Å². The molecule has 2 unspecified atom stereocenters. The molecule has 1 aromatic carbocycles. The number of para-hydroxylation sites is 1. The molecule has 1 saturated heterocycles. The molecule has 2 N–H and O–H groups in total. The lowest BCUT2D eigenvalue weighted by atomic mass is 9.99. The van der Waals surface area contributed by atoms with E-state index in [1.165, 1.54) is 11.9 Å². The maximum Gasteiger partial charge on any atom is 0.471 e. The molecule has 4 amide bonds. The summed E-state index contributed by atoms with van der Waals surface area (Å²) in [6.45, 7) is -0.0146. The van der Waals surface area contributed by atoms with Crippen molar-refractivity contribution < 1.29 is 37.1 Å². The molecule has 4 atom stereocenters. The van der Waals surface area contributed by atoms with Crippen LogP contribution >= 0.6 is 0 Å². The van der Waals surface area contributed by atoms with Gasteiger partial charge >= 0.3 is 12.1 Å². The van der Waals surface area contributed by atoms with E-state index in [0.29, 0.717) is 5.75 Å². The minimum Gasteiger partial charge on any atom is -0.475 e. The predicted molar refractivity (Wildman–Crippen MR) is 137 cm³/mol. The summed E-state index contributed by atoms with van der Waals surface area (Å²) in [5, 5.41) is 14.6. The lowest BCUT2D eigenvalue weighted by Crippen LogP contribution is -2.58. The van der Waals surface area contributed by atoms with Crippen molar-refractivity contribution in [3.8, 4) is 11.8 Å². The number of halogens is 3. The fourth-order valence-electron chi connectivity index (χ4n) is 5.63. The normalized spacial score (nSPS) is 25.2. The molecular formula is C28H32F3N5O5. The van der Waals surface area contributed by atoms with Crippen molar-refractivity contribution in [2.24, 2.45) is 11.8 Å². The van der Waals surface area contributed by atoms with Gasteiger partial charge in [0.2, 0.25) is 17.4 Å². The van der Waals surface area contributed by atoms with Gasteiger partial charge < -0.3 is 25.2 Å². The van der Waals surface area contributed by atoms with Gasteiger partial charge in [0.1, 0.15) is 23.9 Å². The number of benzene rings is 1. The first-order valence-corrected chi connectivity index (χ1v) is 13.8. The summed E-state index contributed by atoms with van der Waals surface area (Å²) < 4.78 is 45.3. The summed E-state index contributed by atoms with van der Waals surface area (Å²) in [4.78, 5) is 54.9. The van der Waals surface area contributed by atoms with Crippen LogP contribution in [0.4, 0.5) is 13.2 Å². The van der Waals surface area contributed by atoms with E-state index < -0.39 is 53.5 Å². The van der Waals surface area contributed by atoms with E-state index in [1.807, 2.05) is 5.32 Å². The number of hydrogen-bond acceptors (Lipinski definition) is 6. The Hall–Kier alpha value is -3.82. The minimum atomic E-state index is -5.16. The number of hydrogen-bond donors (Lipinski definition) is 2. The van der Waals surface area contributed by atoms with Crippen molar-refractivity contribution in [2.75, 3.05) is 13.6 Å². The van der Waals surface area contributed by atoms with Gasteiger partial charge in [-0.1, -0.05) is 43.9 Å². The largest absolute Gasteiger partial charge is 0.475 e. The number of likely N-dealkylation sites (tertiary alicyclic amines) is 1. The van der Waals surface area contributed by atoms with E-state index in [1.54, 1.807) is 24.3 Å². The van der Waals surface area contributed by atoms with E-state index in [-0.39, 0.29) is 44.2 Å². The number of ether oxygens (including phenoxy) is 1. The third-order valence-electron chi connectivity index (χ3n) is 8.37. The van der Waals surface area contributed by atoms with Crippen LogP contribution in [0, 0.1) is 23.2 Å². The summed E-state index contributed by atoms with van der Waals surface area (Å²) in [5.74, 6) is -3.46. The first-order chi connectivity index (χ1) is 19.4. The molecule has 3 fully saturated rings. The van der Waals surface area contributed by atoms with Crippen molar-refractivity contribution >= 4 is 23.6 Å². The van der Waals surface area contributed by atoms with Crippen molar-refractivity contribution in [1.82, 2.24) is 20.4 Å². The highest BCUT2D eigenvalue weighted by Gasteiger charge is 2.56. The predicted octanol–water partition coefficient (Wildman–Crippen LogP) is 2.03. The maximum absolute atomic E-state index is 14.1. The van der Waals surface area contributed by atoms with Gasteiger partial charge in [0.05, 0.1) is 12.6 Å². The number of rotatable bonds is 8. The third-order valence-corrected chi connectivity index (χ3v) is 8.37. The van der Waals surface area contributed by atoms with Gasteiger partial charge in [0.25, 0.3) is 5.91 Å². The Balaban J connectivity index is 1.39. The zero-order valence-electron chi connectivity index (χ0n) is 22.6. The van der Waals surface area contributed by atoms with Crippen LogP contribution in [0.1, 0.15) is 50.5 Å². The van der Waals surface area contributed by atoms with E-state index in [9.17, 15) is 37.6 Å². The van der Waals surface area contributed by atoms with Crippen LogP contribution in [0.25, 0.3) is 0 Å². The zero-order chi connectivity index (χ0) is 29.5. The number of carbonyl (C=O) groups excluding carboxylic acids is 4. The third kappa shape index (κ3) is 6.11. The van der Waals surface area contributed by atoms with Gasteiger partial charge in [-0.15, -0.1) is 0 Å². The summed E-state index contributed by atoms with van der Waals surface area (Å²) in [6.07, 6.45) is -1.82. The Morgan fingerprint density at radius 2 is 1.85 bits per heavy atom. The molecule has 4 aliphatic rings. The van der Waals surface area contributed by atoms with Gasteiger partial charge in [-0.3, -0.25) is 19.2 Å². The molecule has 1 aromatic rings. The molecule has 13 heteroatoms. The molecule has 5 rings (SSSR count). The molecule has 41 heavy (non-hydrogen) atoms. The Morgan fingerprint density at radius 3 is 2.49 bits per heavy atom. The molecule has 10 nitrogen and oxygen atoms in total. The molecule has 2 aliphatic carbocycles. The number of nitriles is 1. The van der Waals surface area contributed by atoms with E-state index in [4.69, 9.17) is 4.74 Å². The van der Waals surface area contributed by atoms with E-state index in [0.717, 1.165) is 36.1 Å². The zero-order valence-corrected chi connectivity index (χ0v) is 22.6.